The van der Waals surface area contributed by atoms with Crippen molar-refractivity contribution >= 4 is 34.1 Å². The van der Waals surface area contributed by atoms with E-state index in [1.165, 1.54) is 4.90 Å². The molecule has 1 aromatic heterocycles. The first kappa shape index (κ1) is 8.61. The fourth-order valence-corrected chi connectivity index (χ4v) is 2.21. The van der Waals surface area contributed by atoms with Gasteiger partial charge in [0.1, 0.15) is 5.69 Å². The van der Waals surface area contributed by atoms with E-state index >= 15 is 0 Å². The van der Waals surface area contributed by atoms with Gasteiger partial charge < -0.3 is 0 Å². The molecule has 0 aliphatic carbocycles. The number of nitrogens with zero attached hydrogens (tertiary/aromatic N) is 2. The Bertz CT molecular complexity index is 600. The van der Waals surface area contributed by atoms with Crippen LogP contribution in [0.3, 0.4) is 0 Å². The molecule has 2 aromatic rings. The van der Waals surface area contributed by atoms with Crippen molar-refractivity contribution < 1.29 is 4.79 Å². The van der Waals surface area contributed by atoms with E-state index in [-0.39, 0.29) is 5.91 Å². The highest BCUT2D eigenvalue weighted by Crippen LogP contribution is 2.25. The van der Waals surface area contributed by atoms with Gasteiger partial charge in [-0.3, -0.25) is 14.3 Å². The maximum absolute atomic E-state index is 11.8. The van der Waals surface area contributed by atoms with Gasteiger partial charge in [0, 0.05) is 12.4 Å². The summed E-state index contributed by atoms with van der Waals surface area (Å²) in [6.07, 6.45) is 0. The summed E-state index contributed by atoms with van der Waals surface area (Å²) in [5.74, 6) is -0.0313. The quantitative estimate of drug-likeness (QED) is 0.628. The van der Waals surface area contributed by atoms with Crippen molar-refractivity contribution in [2.75, 3.05) is 7.05 Å². The van der Waals surface area contributed by atoms with E-state index in [4.69, 9.17) is 12.2 Å². The third-order valence-corrected chi connectivity index (χ3v) is 3.17. The summed E-state index contributed by atoms with van der Waals surface area (Å²) in [6.45, 7) is 0. The summed E-state index contributed by atoms with van der Waals surface area (Å²) in [5.41, 5.74) is 1.65. The number of carbonyl (C=O) groups excluding carboxylic acids is 1. The first-order valence-electron chi connectivity index (χ1n) is 4.63. The molecule has 3 nitrogen and oxygen atoms in total. The lowest BCUT2D eigenvalue weighted by atomic mass is 10.2. The van der Waals surface area contributed by atoms with Crippen LogP contribution >= 0.6 is 12.2 Å². The van der Waals surface area contributed by atoms with Crippen molar-refractivity contribution in [3.05, 3.63) is 36.0 Å². The molecule has 0 spiro atoms. The van der Waals surface area contributed by atoms with Crippen LogP contribution in [0, 0.1) is 0 Å². The summed E-state index contributed by atoms with van der Waals surface area (Å²) < 4.78 is 1.83. The zero-order valence-electron chi connectivity index (χ0n) is 8.10. The van der Waals surface area contributed by atoms with Crippen molar-refractivity contribution in [2.24, 2.45) is 0 Å². The van der Waals surface area contributed by atoms with Gasteiger partial charge in [-0.05, 0) is 24.4 Å². The smallest absolute Gasteiger partial charge is 0.276 e. The maximum atomic E-state index is 11.8. The van der Waals surface area contributed by atoms with Crippen molar-refractivity contribution in [3.8, 4) is 0 Å². The zero-order valence-corrected chi connectivity index (χ0v) is 8.91. The first-order valence-corrected chi connectivity index (χ1v) is 5.04. The first-order chi connectivity index (χ1) is 7.20. The molecule has 74 valence electrons. The predicted molar refractivity (Wildman–Crippen MR) is 62.0 cm³/mol. The third-order valence-electron chi connectivity index (χ3n) is 2.71. The van der Waals surface area contributed by atoms with Gasteiger partial charge in [0.05, 0.1) is 5.52 Å². The lowest BCUT2D eigenvalue weighted by molar-refractivity contribution is 0.0884. The van der Waals surface area contributed by atoms with Crippen LogP contribution in [0.5, 0.6) is 0 Å². The van der Waals surface area contributed by atoms with Gasteiger partial charge in [-0.1, -0.05) is 18.2 Å². The van der Waals surface area contributed by atoms with Crippen LogP contribution < -0.4 is 0 Å². The molecule has 0 radical (unpaired) electrons. The van der Waals surface area contributed by atoms with Crippen LogP contribution in [0.2, 0.25) is 0 Å². The summed E-state index contributed by atoms with van der Waals surface area (Å²) in [6, 6.07) is 9.73. The van der Waals surface area contributed by atoms with Crippen LogP contribution in [-0.2, 0) is 0 Å². The Kier molecular flexibility index (Phi) is 1.53. The number of aromatic nitrogens is 1. The highest BCUT2D eigenvalue weighted by atomic mass is 32.1. The zero-order chi connectivity index (χ0) is 10.6. The van der Waals surface area contributed by atoms with E-state index < -0.39 is 0 Å². The van der Waals surface area contributed by atoms with Crippen molar-refractivity contribution in [1.82, 2.24) is 9.47 Å². The van der Waals surface area contributed by atoms with Crippen LogP contribution in [0.4, 0.5) is 0 Å². The second kappa shape index (κ2) is 2.67. The van der Waals surface area contributed by atoms with Gasteiger partial charge in [-0.25, -0.2) is 0 Å². The maximum Gasteiger partial charge on any atom is 0.276 e. The number of para-hydroxylation sites is 1. The minimum atomic E-state index is -0.0313. The highest BCUT2D eigenvalue weighted by molar-refractivity contribution is 7.80. The lowest BCUT2D eigenvalue weighted by Gasteiger charge is -2.08. The number of benzene rings is 1. The minimum absolute atomic E-state index is 0.0313. The predicted octanol–water partition coefficient (Wildman–Crippen LogP) is 1.86. The number of thiocarbonyl (C=S) groups is 1. The van der Waals surface area contributed by atoms with Crippen LogP contribution in [0.1, 0.15) is 10.5 Å². The Morgan fingerprint density at radius 2 is 2.00 bits per heavy atom. The summed E-state index contributed by atoms with van der Waals surface area (Å²) >= 11 is 5.22. The molecule has 0 saturated heterocycles. The lowest BCUT2D eigenvalue weighted by Crippen LogP contribution is -2.25. The molecule has 0 fully saturated rings. The summed E-state index contributed by atoms with van der Waals surface area (Å²) in [7, 11) is 1.70. The SMILES string of the molecule is CN1C(=O)c2cc3ccccc3n2C1=S. The third kappa shape index (κ3) is 0.942. The molecule has 1 aliphatic heterocycles. The van der Waals surface area contributed by atoms with Gasteiger partial charge in [0.2, 0.25) is 0 Å². The van der Waals surface area contributed by atoms with Crippen LogP contribution in [-0.4, -0.2) is 27.5 Å². The highest BCUT2D eigenvalue weighted by Gasteiger charge is 2.31. The van der Waals surface area contributed by atoms with Gasteiger partial charge in [0.25, 0.3) is 5.91 Å². The molecule has 0 N–H and O–H groups in total. The normalized spacial score (nSPS) is 15.1. The molecule has 3 rings (SSSR count). The van der Waals surface area contributed by atoms with E-state index in [0.717, 1.165) is 10.9 Å². The van der Waals surface area contributed by atoms with E-state index in [1.54, 1.807) is 7.05 Å². The molecule has 15 heavy (non-hydrogen) atoms. The van der Waals surface area contributed by atoms with E-state index in [1.807, 2.05) is 34.9 Å². The van der Waals surface area contributed by atoms with Gasteiger partial charge in [0.15, 0.2) is 5.11 Å². The molecule has 4 heteroatoms. The monoisotopic (exact) mass is 216 g/mol. The number of carbonyl (C=O) groups is 1. The molecule has 2 heterocycles. The molecule has 0 unspecified atom stereocenters. The molecule has 1 amide bonds. The number of fused-ring (bicyclic) bond motifs is 3. The van der Waals surface area contributed by atoms with E-state index in [9.17, 15) is 4.79 Å². The largest absolute Gasteiger partial charge is 0.286 e. The van der Waals surface area contributed by atoms with Crippen LogP contribution in [0.25, 0.3) is 10.9 Å². The molecular formula is C11H8N2OS. The number of hydrogen-bond donors (Lipinski definition) is 0. The average Bonchev–Trinajstić information content (AvgIpc) is 2.72. The standard InChI is InChI=1S/C11H8N2OS/c1-12-10(14)9-6-7-4-2-3-5-8(7)13(9)11(12)15/h2-6H,1H3. The molecular weight excluding hydrogens is 208 g/mol. The summed E-state index contributed by atoms with van der Waals surface area (Å²) in [4.78, 5) is 13.3. The Morgan fingerprint density at radius 3 is 2.80 bits per heavy atom. The number of rotatable bonds is 0. The average molecular weight is 216 g/mol. The second-order valence-corrected chi connectivity index (χ2v) is 3.94. The van der Waals surface area contributed by atoms with E-state index in [0.29, 0.717) is 10.8 Å². The Balaban J connectivity index is 2.44. The van der Waals surface area contributed by atoms with E-state index in [2.05, 4.69) is 0 Å². The van der Waals surface area contributed by atoms with Crippen molar-refractivity contribution in [3.63, 3.8) is 0 Å². The van der Waals surface area contributed by atoms with Gasteiger partial charge >= 0.3 is 0 Å². The Hall–Kier alpha value is -1.68. The molecule has 0 atom stereocenters. The molecule has 0 saturated carbocycles. The second-order valence-electron chi connectivity index (χ2n) is 3.57. The van der Waals surface area contributed by atoms with Gasteiger partial charge in [-0.2, -0.15) is 0 Å². The topological polar surface area (TPSA) is 25.2 Å². The Labute approximate surface area is 91.9 Å². The molecule has 1 aliphatic rings. The minimum Gasteiger partial charge on any atom is -0.286 e. The van der Waals surface area contributed by atoms with Crippen LogP contribution in [0.15, 0.2) is 30.3 Å². The Morgan fingerprint density at radius 1 is 1.27 bits per heavy atom. The number of hydrogen-bond acceptors (Lipinski definition) is 2. The summed E-state index contributed by atoms with van der Waals surface area (Å²) in [5, 5.41) is 1.60. The molecule has 1 aromatic carbocycles. The fraction of sp³-hybridized carbons (Fsp3) is 0.0909. The van der Waals surface area contributed by atoms with Crippen molar-refractivity contribution in [2.45, 2.75) is 0 Å². The number of amides is 1. The van der Waals surface area contributed by atoms with Gasteiger partial charge in [-0.15, -0.1) is 0 Å². The fourth-order valence-electron chi connectivity index (χ4n) is 1.93. The van der Waals surface area contributed by atoms with Crippen molar-refractivity contribution in [1.29, 1.82) is 0 Å². The molecule has 0 bridgehead atoms.